The lowest BCUT2D eigenvalue weighted by atomic mass is 10.2. The highest BCUT2D eigenvalue weighted by atomic mass is 16.1. The maximum Gasteiger partial charge on any atom is 0.248 e. The second-order valence-corrected chi connectivity index (χ2v) is 3.37. The van der Waals surface area contributed by atoms with E-state index in [0.29, 0.717) is 0 Å². The van der Waals surface area contributed by atoms with Crippen LogP contribution in [0.5, 0.6) is 0 Å². The van der Waals surface area contributed by atoms with Crippen LogP contribution < -0.4 is 5.32 Å². The summed E-state index contributed by atoms with van der Waals surface area (Å²) in [5.74, 6) is -0.138. The molecule has 1 aromatic carbocycles. The van der Waals surface area contributed by atoms with Gasteiger partial charge in [-0.2, -0.15) is 0 Å². The molecule has 0 unspecified atom stereocenters. The van der Waals surface area contributed by atoms with Crippen molar-refractivity contribution in [3.8, 4) is 0 Å². The minimum Gasteiger partial charge on any atom is -0.321 e. The lowest BCUT2D eigenvalue weighted by Crippen LogP contribution is -2.08. The van der Waals surface area contributed by atoms with Crippen molar-refractivity contribution in [3.05, 3.63) is 48.7 Å². The number of para-hydroxylation sites is 1. The molecule has 0 radical (unpaired) electrons. The predicted molar refractivity (Wildman–Crippen MR) is 65.2 cm³/mol. The average Bonchev–Trinajstić information content (AvgIpc) is 2.30. The van der Waals surface area contributed by atoms with Crippen LogP contribution >= 0.6 is 0 Å². The molecule has 1 heterocycles. The Morgan fingerprint density at radius 3 is 2.94 bits per heavy atom. The maximum atomic E-state index is 11.4. The number of pyridine rings is 1. The molecule has 0 spiro atoms. The summed E-state index contributed by atoms with van der Waals surface area (Å²) in [5.41, 5.74) is 1.55. The number of allylic oxidation sites excluding steroid dienone is 1. The third-order valence-corrected chi connectivity index (χ3v) is 2.21. The van der Waals surface area contributed by atoms with Gasteiger partial charge < -0.3 is 5.32 Å². The summed E-state index contributed by atoms with van der Waals surface area (Å²) < 4.78 is 0. The van der Waals surface area contributed by atoms with E-state index in [9.17, 15) is 4.79 Å². The molecular weight excluding hydrogens is 200 g/mol. The van der Waals surface area contributed by atoms with Crippen LogP contribution in [0.2, 0.25) is 0 Å². The number of anilines is 1. The molecule has 16 heavy (non-hydrogen) atoms. The summed E-state index contributed by atoms with van der Waals surface area (Å²) in [7, 11) is 0. The van der Waals surface area contributed by atoms with Crippen LogP contribution in [0.15, 0.2) is 48.7 Å². The van der Waals surface area contributed by atoms with Crippen LogP contribution in [0.1, 0.15) is 6.92 Å². The average molecular weight is 212 g/mol. The molecule has 0 saturated heterocycles. The van der Waals surface area contributed by atoms with Gasteiger partial charge in [0.15, 0.2) is 0 Å². The third-order valence-electron chi connectivity index (χ3n) is 2.21. The van der Waals surface area contributed by atoms with Gasteiger partial charge in [-0.05, 0) is 25.1 Å². The number of nitrogens with zero attached hydrogens (tertiary/aromatic N) is 1. The molecule has 0 atom stereocenters. The highest BCUT2D eigenvalue weighted by molar-refractivity contribution is 6.04. The molecule has 1 aromatic heterocycles. The molecule has 0 bridgehead atoms. The maximum absolute atomic E-state index is 11.4. The van der Waals surface area contributed by atoms with E-state index in [0.717, 1.165) is 16.6 Å². The van der Waals surface area contributed by atoms with Crippen molar-refractivity contribution in [3.63, 3.8) is 0 Å². The number of hydrogen-bond donors (Lipinski definition) is 1. The van der Waals surface area contributed by atoms with Crippen molar-refractivity contribution >= 4 is 22.5 Å². The predicted octanol–water partition coefficient (Wildman–Crippen LogP) is 2.75. The van der Waals surface area contributed by atoms with Gasteiger partial charge in [-0.1, -0.05) is 24.3 Å². The van der Waals surface area contributed by atoms with Crippen LogP contribution in [0.25, 0.3) is 10.9 Å². The molecule has 0 aliphatic carbocycles. The molecular formula is C13H12N2O. The van der Waals surface area contributed by atoms with Gasteiger partial charge in [-0.3, -0.25) is 9.78 Å². The van der Waals surface area contributed by atoms with Gasteiger partial charge in [0.1, 0.15) is 0 Å². The molecule has 3 heteroatoms. The Morgan fingerprint density at radius 1 is 1.31 bits per heavy atom. The number of hydrogen-bond acceptors (Lipinski definition) is 2. The summed E-state index contributed by atoms with van der Waals surface area (Å²) in [6.45, 7) is 1.81. The molecule has 2 aromatic rings. The van der Waals surface area contributed by atoms with Gasteiger partial charge in [0.2, 0.25) is 5.91 Å². The fourth-order valence-electron chi connectivity index (χ4n) is 1.53. The Balaban J connectivity index is 2.41. The topological polar surface area (TPSA) is 42.0 Å². The van der Waals surface area contributed by atoms with E-state index in [-0.39, 0.29) is 5.91 Å². The van der Waals surface area contributed by atoms with Crippen LogP contribution in [0.4, 0.5) is 5.69 Å². The van der Waals surface area contributed by atoms with Crippen LogP contribution in [0, 0.1) is 0 Å². The largest absolute Gasteiger partial charge is 0.321 e. The number of aromatic nitrogens is 1. The SMILES string of the molecule is CC=CC(=O)Nc1cccc2cccnc12. The summed E-state index contributed by atoms with van der Waals surface area (Å²) >= 11 is 0. The first-order chi connectivity index (χ1) is 7.81. The summed E-state index contributed by atoms with van der Waals surface area (Å²) in [4.78, 5) is 15.7. The van der Waals surface area contributed by atoms with E-state index in [1.807, 2.05) is 30.3 Å². The van der Waals surface area contributed by atoms with Crippen molar-refractivity contribution in [2.75, 3.05) is 5.32 Å². The number of rotatable bonds is 2. The number of benzene rings is 1. The lowest BCUT2D eigenvalue weighted by molar-refractivity contribution is -0.111. The van der Waals surface area contributed by atoms with Gasteiger partial charge in [-0.15, -0.1) is 0 Å². The van der Waals surface area contributed by atoms with Crippen molar-refractivity contribution in [2.45, 2.75) is 6.92 Å². The zero-order valence-electron chi connectivity index (χ0n) is 8.97. The molecule has 80 valence electrons. The van der Waals surface area contributed by atoms with Gasteiger partial charge in [0.05, 0.1) is 11.2 Å². The number of amides is 1. The molecule has 1 N–H and O–H groups in total. The quantitative estimate of drug-likeness (QED) is 0.778. The van der Waals surface area contributed by atoms with Crippen molar-refractivity contribution < 1.29 is 4.79 Å². The zero-order chi connectivity index (χ0) is 11.4. The lowest BCUT2D eigenvalue weighted by Gasteiger charge is -2.05. The van der Waals surface area contributed by atoms with E-state index in [1.54, 1.807) is 19.2 Å². The third kappa shape index (κ3) is 2.08. The Labute approximate surface area is 93.8 Å². The Morgan fingerprint density at radius 2 is 2.12 bits per heavy atom. The van der Waals surface area contributed by atoms with E-state index >= 15 is 0 Å². The number of carbonyl (C=O) groups is 1. The van der Waals surface area contributed by atoms with Gasteiger partial charge in [0.25, 0.3) is 0 Å². The van der Waals surface area contributed by atoms with Crippen LogP contribution in [0.3, 0.4) is 0 Å². The molecule has 0 aliphatic rings. The number of nitrogens with one attached hydrogen (secondary N) is 1. The second-order valence-electron chi connectivity index (χ2n) is 3.37. The number of fused-ring (bicyclic) bond motifs is 1. The Kier molecular flexibility index (Phi) is 2.96. The minimum atomic E-state index is -0.138. The van der Waals surface area contributed by atoms with Crippen molar-refractivity contribution in [1.82, 2.24) is 4.98 Å². The van der Waals surface area contributed by atoms with E-state index in [1.165, 1.54) is 6.08 Å². The first-order valence-corrected chi connectivity index (χ1v) is 5.08. The summed E-state index contributed by atoms with van der Waals surface area (Å²) in [5, 5.41) is 3.81. The zero-order valence-corrected chi connectivity index (χ0v) is 8.97. The van der Waals surface area contributed by atoms with Gasteiger partial charge in [-0.25, -0.2) is 0 Å². The van der Waals surface area contributed by atoms with E-state index < -0.39 is 0 Å². The monoisotopic (exact) mass is 212 g/mol. The number of carbonyl (C=O) groups excluding carboxylic acids is 1. The fourth-order valence-corrected chi connectivity index (χ4v) is 1.53. The van der Waals surface area contributed by atoms with Crippen LogP contribution in [-0.4, -0.2) is 10.9 Å². The highest BCUT2D eigenvalue weighted by Gasteiger charge is 2.03. The summed E-state index contributed by atoms with van der Waals surface area (Å²) in [6, 6.07) is 9.55. The first-order valence-electron chi connectivity index (χ1n) is 5.08. The van der Waals surface area contributed by atoms with Crippen molar-refractivity contribution in [2.24, 2.45) is 0 Å². The van der Waals surface area contributed by atoms with E-state index in [2.05, 4.69) is 10.3 Å². The molecule has 0 saturated carbocycles. The molecule has 1 amide bonds. The summed E-state index contributed by atoms with van der Waals surface area (Å²) in [6.07, 6.45) is 4.91. The van der Waals surface area contributed by atoms with Crippen molar-refractivity contribution in [1.29, 1.82) is 0 Å². The molecule has 3 nitrogen and oxygen atoms in total. The van der Waals surface area contributed by atoms with Crippen LogP contribution in [-0.2, 0) is 4.79 Å². The Hall–Kier alpha value is -2.16. The van der Waals surface area contributed by atoms with Gasteiger partial charge >= 0.3 is 0 Å². The fraction of sp³-hybridized carbons (Fsp3) is 0.0769. The first kappa shape index (κ1) is 10.4. The molecule has 0 aliphatic heterocycles. The highest BCUT2D eigenvalue weighted by Crippen LogP contribution is 2.20. The second kappa shape index (κ2) is 4.57. The molecule has 0 fully saturated rings. The molecule has 2 rings (SSSR count). The normalized spacial score (nSPS) is 10.8. The van der Waals surface area contributed by atoms with Gasteiger partial charge in [0, 0.05) is 11.6 Å². The smallest absolute Gasteiger partial charge is 0.248 e. The minimum absolute atomic E-state index is 0.138. The standard InChI is InChI=1S/C13H12N2O/c1-2-5-12(16)15-11-8-3-6-10-7-4-9-14-13(10)11/h2-9H,1H3,(H,15,16). The Bertz CT molecular complexity index is 541. The van der Waals surface area contributed by atoms with E-state index in [4.69, 9.17) is 0 Å².